The predicted molar refractivity (Wildman–Crippen MR) is 101 cm³/mol. The standard InChI is InChI=1S/C21H19N3O/c25-21(23-10-5-12-24-13-11-22-15-24)20-18-8-3-1-6-16(18)14-17-7-2-4-9-19(17)20/h1-4,6-9,11,13-15H,5,10,12H2,(H,23,25). The molecule has 0 fully saturated rings. The van der Waals surface area contributed by atoms with E-state index in [1.165, 1.54) is 0 Å². The van der Waals surface area contributed by atoms with E-state index in [-0.39, 0.29) is 5.91 Å². The fourth-order valence-corrected chi connectivity index (χ4v) is 3.23. The molecule has 4 aromatic rings. The van der Waals surface area contributed by atoms with E-state index in [2.05, 4.69) is 28.5 Å². The van der Waals surface area contributed by atoms with E-state index >= 15 is 0 Å². The summed E-state index contributed by atoms with van der Waals surface area (Å²) in [6.07, 6.45) is 6.35. The Bertz CT molecular complexity index is 968. The van der Waals surface area contributed by atoms with Crippen molar-refractivity contribution in [2.24, 2.45) is 0 Å². The molecule has 4 rings (SSSR count). The van der Waals surface area contributed by atoms with Gasteiger partial charge in [0, 0.05) is 25.5 Å². The average Bonchev–Trinajstić information content (AvgIpc) is 3.16. The second-order valence-electron chi connectivity index (χ2n) is 6.10. The minimum absolute atomic E-state index is 0.0152. The number of nitrogens with one attached hydrogen (secondary N) is 1. The Kier molecular flexibility index (Phi) is 4.17. The van der Waals surface area contributed by atoms with Crippen molar-refractivity contribution in [2.75, 3.05) is 6.54 Å². The summed E-state index contributed by atoms with van der Waals surface area (Å²) >= 11 is 0. The summed E-state index contributed by atoms with van der Waals surface area (Å²) in [5, 5.41) is 7.24. The normalized spacial score (nSPS) is 11.0. The molecule has 0 saturated carbocycles. The number of rotatable bonds is 5. The van der Waals surface area contributed by atoms with Gasteiger partial charge in [0.05, 0.1) is 11.9 Å². The molecule has 0 aliphatic heterocycles. The van der Waals surface area contributed by atoms with Gasteiger partial charge in [-0.3, -0.25) is 4.79 Å². The molecular formula is C21H19N3O. The zero-order valence-electron chi connectivity index (χ0n) is 13.9. The predicted octanol–water partition coefficient (Wildman–Crippen LogP) is 4.01. The van der Waals surface area contributed by atoms with Crippen molar-refractivity contribution in [1.29, 1.82) is 0 Å². The van der Waals surface area contributed by atoms with E-state index in [1.807, 2.05) is 47.2 Å². The number of fused-ring (bicyclic) bond motifs is 2. The summed E-state index contributed by atoms with van der Waals surface area (Å²) in [5.74, 6) is -0.0152. The van der Waals surface area contributed by atoms with E-state index in [0.29, 0.717) is 6.54 Å². The molecule has 0 radical (unpaired) electrons. The number of amides is 1. The SMILES string of the molecule is O=C(NCCCn1ccnc1)c1c2ccccc2cc2ccccc12. The Morgan fingerprint density at radius 3 is 2.32 bits per heavy atom. The molecule has 3 aromatic carbocycles. The van der Waals surface area contributed by atoms with Crippen molar-refractivity contribution in [3.63, 3.8) is 0 Å². The number of carbonyl (C=O) groups is 1. The van der Waals surface area contributed by atoms with E-state index in [0.717, 1.165) is 40.1 Å². The van der Waals surface area contributed by atoms with Crippen LogP contribution in [0.25, 0.3) is 21.5 Å². The number of imidazole rings is 1. The molecule has 0 atom stereocenters. The van der Waals surface area contributed by atoms with Crippen LogP contribution in [0.2, 0.25) is 0 Å². The fourth-order valence-electron chi connectivity index (χ4n) is 3.23. The summed E-state index contributed by atoms with van der Waals surface area (Å²) < 4.78 is 2.01. The molecule has 0 unspecified atom stereocenters. The molecule has 124 valence electrons. The van der Waals surface area contributed by atoms with Crippen LogP contribution in [-0.2, 0) is 6.54 Å². The van der Waals surface area contributed by atoms with Crippen molar-refractivity contribution in [3.8, 4) is 0 Å². The number of aromatic nitrogens is 2. The Labute approximate surface area is 146 Å². The maximum atomic E-state index is 12.9. The quantitative estimate of drug-likeness (QED) is 0.444. The average molecular weight is 329 g/mol. The summed E-state index contributed by atoms with van der Waals surface area (Å²) in [6, 6.07) is 18.2. The summed E-state index contributed by atoms with van der Waals surface area (Å²) in [5.41, 5.74) is 0.760. The minimum Gasteiger partial charge on any atom is -0.352 e. The first-order chi connectivity index (χ1) is 12.3. The number of carbonyl (C=O) groups excluding carboxylic acids is 1. The van der Waals surface area contributed by atoms with Gasteiger partial charge in [-0.15, -0.1) is 0 Å². The highest BCUT2D eigenvalue weighted by molar-refractivity contribution is 6.18. The van der Waals surface area contributed by atoms with Crippen LogP contribution in [0, 0.1) is 0 Å². The smallest absolute Gasteiger partial charge is 0.252 e. The minimum atomic E-state index is -0.0152. The zero-order chi connectivity index (χ0) is 17.1. The lowest BCUT2D eigenvalue weighted by atomic mass is 9.96. The van der Waals surface area contributed by atoms with E-state index < -0.39 is 0 Å². The van der Waals surface area contributed by atoms with Crippen molar-refractivity contribution < 1.29 is 4.79 Å². The number of benzene rings is 3. The number of hydrogen-bond donors (Lipinski definition) is 1. The lowest BCUT2D eigenvalue weighted by Gasteiger charge is -2.12. The first-order valence-electron chi connectivity index (χ1n) is 8.47. The first-order valence-corrected chi connectivity index (χ1v) is 8.47. The number of nitrogens with zero attached hydrogens (tertiary/aromatic N) is 2. The molecule has 4 heteroatoms. The van der Waals surface area contributed by atoms with Gasteiger partial charge in [0.25, 0.3) is 5.91 Å². The van der Waals surface area contributed by atoms with Crippen LogP contribution >= 0.6 is 0 Å². The Hall–Kier alpha value is -3.14. The van der Waals surface area contributed by atoms with E-state index in [4.69, 9.17) is 0 Å². The van der Waals surface area contributed by atoms with Crippen LogP contribution in [0.1, 0.15) is 16.8 Å². The van der Waals surface area contributed by atoms with Crippen LogP contribution in [0.3, 0.4) is 0 Å². The second-order valence-corrected chi connectivity index (χ2v) is 6.10. The van der Waals surface area contributed by atoms with Gasteiger partial charge in [0.15, 0.2) is 0 Å². The Morgan fingerprint density at radius 1 is 1.00 bits per heavy atom. The largest absolute Gasteiger partial charge is 0.352 e. The third kappa shape index (κ3) is 3.11. The lowest BCUT2D eigenvalue weighted by molar-refractivity contribution is 0.0956. The van der Waals surface area contributed by atoms with Gasteiger partial charge in [-0.05, 0) is 34.0 Å². The van der Waals surface area contributed by atoms with Crippen molar-refractivity contribution >= 4 is 27.5 Å². The van der Waals surface area contributed by atoms with Crippen LogP contribution in [0.4, 0.5) is 0 Å². The summed E-state index contributed by atoms with van der Waals surface area (Å²) in [4.78, 5) is 16.9. The molecule has 0 aliphatic carbocycles. The van der Waals surface area contributed by atoms with Crippen LogP contribution < -0.4 is 5.32 Å². The zero-order valence-corrected chi connectivity index (χ0v) is 13.9. The molecule has 1 heterocycles. The van der Waals surface area contributed by atoms with E-state index in [9.17, 15) is 4.79 Å². The number of aryl methyl sites for hydroxylation is 1. The summed E-state index contributed by atoms with van der Waals surface area (Å²) in [6.45, 7) is 1.48. The molecular weight excluding hydrogens is 310 g/mol. The first kappa shape index (κ1) is 15.4. The molecule has 0 saturated heterocycles. The summed E-state index contributed by atoms with van der Waals surface area (Å²) in [7, 11) is 0. The van der Waals surface area contributed by atoms with Gasteiger partial charge in [-0.2, -0.15) is 0 Å². The molecule has 25 heavy (non-hydrogen) atoms. The van der Waals surface area contributed by atoms with Crippen LogP contribution in [0.5, 0.6) is 0 Å². The lowest BCUT2D eigenvalue weighted by Crippen LogP contribution is -2.25. The van der Waals surface area contributed by atoms with Gasteiger partial charge in [-0.25, -0.2) is 4.98 Å². The maximum Gasteiger partial charge on any atom is 0.252 e. The van der Waals surface area contributed by atoms with Crippen LogP contribution in [-0.4, -0.2) is 22.0 Å². The second kappa shape index (κ2) is 6.77. The molecule has 1 aromatic heterocycles. The monoisotopic (exact) mass is 329 g/mol. The van der Waals surface area contributed by atoms with Gasteiger partial charge < -0.3 is 9.88 Å². The van der Waals surface area contributed by atoms with Crippen molar-refractivity contribution in [1.82, 2.24) is 14.9 Å². The Morgan fingerprint density at radius 2 is 1.68 bits per heavy atom. The molecule has 0 aliphatic rings. The fraction of sp³-hybridized carbons (Fsp3) is 0.143. The van der Waals surface area contributed by atoms with Gasteiger partial charge in [0.1, 0.15) is 0 Å². The number of hydrogen-bond acceptors (Lipinski definition) is 2. The Balaban J connectivity index is 1.60. The van der Waals surface area contributed by atoms with Gasteiger partial charge in [-0.1, -0.05) is 48.5 Å². The molecule has 4 nitrogen and oxygen atoms in total. The molecule has 0 spiro atoms. The van der Waals surface area contributed by atoms with Crippen molar-refractivity contribution in [3.05, 3.63) is 78.9 Å². The highest BCUT2D eigenvalue weighted by Gasteiger charge is 2.14. The maximum absolute atomic E-state index is 12.9. The molecule has 0 bridgehead atoms. The van der Waals surface area contributed by atoms with Crippen LogP contribution in [0.15, 0.2) is 73.3 Å². The third-order valence-electron chi connectivity index (χ3n) is 4.44. The van der Waals surface area contributed by atoms with Gasteiger partial charge in [0.2, 0.25) is 0 Å². The topological polar surface area (TPSA) is 46.9 Å². The van der Waals surface area contributed by atoms with Crippen molar-refractivity contribution in [2.45, 2.75) is 13.0 Å². The third-order valence-corrected chi connectivity index (χ3v) is 4.44. The molecule has 1 amide bonds. The molecule has 1 N–H and O–H groups in total. The highest BCUT2D eigenvalue weighted by Crippen LogP contribution is 2.28. The van der Waals surface area contributed by atoms with Gasteiger partial charge >= 0.3 is 0 Å². The van der Waals surface area contributed by atoms with E-state index in [1.54, 1.807) is 12.5 Å². The highest BCUT2D eigenvalue weighted by atomic mass is 16.1.